The van der Waals surface area contributed by atoms with Crippen LogP contribution in [0.4, 0.5) is 18.9 Å². The molecule has 1 aliphatic rings. The largest absolute Gasteiger partial charge is 0.333 e. The Hall–Kier alpha value is -4.39. The average molecular weight is 540 g/mol. The van der Waals surface area contributed by atoms with Crippen molar-refractivity contribution in [3.05, 3.63) is 83.2 Å². The number of amides is 1. The Morgan fingerprint density at radius 2 is 1.95 bits per heavy atom. The molecule has 14 heteroatoms. The van der Waals surface area contributed by atoms with Crippen LogP contribution in [0.3, 0.4) is 0 Å². The van der Waals surface area contributed by atoms with Gasteiger partial charge in [0, 0.05) is 36.4 Å². The van der Waals surface area contributed by atoms with Crippen molar-refractivity contribution in [3.8, 4) is 11.5 Å². The Balaban J connectivity index is 1.37. The molecule has 1 aliphatic carbocycles. The molecule has 1 N–H and O–H groups in total. The Bertz CT molecular complexity index is 1690. The van der Waals surface area contributed by atoms with Gasteiger partial charge in [0.25, 0.3) is 0 Å². The van der Waals surface area contributed by atoms with Crippen LogP contribution in [0, 0.1) is 5.95 Å². The first-order chi connectivity index (χ1) is 18.2. The zero-order valence-corrected chi connectivity index (χ0v) is 20.3. The summed E-state index contributed by atoms with van der Waals surface area (Å²) in [6.45, 7) is -1.09. The number of fused-ring (bicyclic) bond motifs is 3. The fraction of sp³-hybridized carbons (Fsp3) is 0.208. The topological polar surface area (TPSA) is 116 Å². The SMILES string of the molecule is C[C@]1(c2ccn(C(F)F)n2)C[C@H](C(=O)Nc2cnc(-c3ncccn3)c(Cl)c2)c2cnc3cc(F)nn3c21. The predicted molar refractivity (Wildman–Crippen MR) is 129 cm³/mol. The van der Waals surface area contributed by atoms with E-state index in [2.05, 4.69) is 35.5 Å². The number of hydrogen-bond acceptors (Lipinski definition) is 7. The van der Waals surface area contributed by atoms with E-state index in [1.807, 2.05) is 0 Å². The van der Waals surface area contributed by atoms with E-state index >= 15 is 0 Å². The van der Waals surface area contributed by atoms with Gasteiger partial charge in [0.05, 0.1) is 39.6 Å². The van der Waals surface area contributed by atoms with Crippen molar-refractivity contribution in [3.63, 3.8) is 0 Å². The number of carbonyl (C=O) groups is 1. The molecule has 0 spiro atoms. The maximum Gasteiger partial charge on any atom is 0.333 e. The van der Waals surface area contributed by atoms with Crippen LogP contribution in [0.15, 0.2) is 55.2 Å². The standard InChI is InChI=1S/C24H17ClF3N9O/c1-24(16-3-6-36(34-16)23(27)28)9-13(14-11-31-18-8-17(26)35-37(18)20(14)24)22(38)33-12-7-15(25)19(32-10-12)21-29-4-2-5-30-21/h2-8,10-11,13,23H,9H2,1H3,(H,33,38)/t13-,24+/m0/s1. The lowest BCUT2D eigenvalue weighted by Crippen LogP contribution is -2.26. The van der Waals surface area contributed by atoms with Crippen LogP contribution in [-0.4, -0.2) is 45.2 Å². The smallest absolute Gasteiger partial charge is 0.324 e. The second-order valence-electron chi connectivity index (χ2n) is 8.96. The highest BCUT2D eigenvalue weighted by molar-refractivity contribution is 6.33. The first-order valence-corrected chi connectivity index (χ1v) is 11.7. The number of nitrogens with one attached hydrogen (secondary N) is 1. The fourth-order valence-electron chi connectivity index (χ4n) is 4.86. The summed E-state index contributed by atoms with van der Waals surface area (Å²) in [6, 6.07) is 5.80. The van der Waals surface area contributed by atoms with Crippen molar-refractivity contribution in [2.75, 3.05) is 5.32 Å². The zero-order chi connectivity index (χ0) is 26.6. The molecule has 5 aromatic heterocycles. The second-order valence-corrected chi connectivity index (χ2v) is 9.37. The quantitative estimate of drug-likeness (QED) is 0.352. The molecule has 6 rings (SSSR count). The van der Waals surface area contributed by atoms with Gasteiger partial charge in [-0.3, -0.25) is 4.79 Å². The molecule has 5 heterocycles. The predicted octanol–water partition coefficient (Wildman–Crippen LogP) is 4.40. The van der Waals surface area contributed by atoms with E-state index in [1.165, 1.54) is 29.0 Å². The second kappa shape index (κ2) is 8.87. The first-order valence-electron chi connectivity index (χ1n) is 11.4. The van der Waals surface area contributed by atoms with Gasteiger partial charge in [-0.25, -0.2) is 29.1 Å². The summed E-state index contributed by atoms with van der Waals surface area (Å²) in [5, 5.41) is 11.0. The van der Waals surface area contributed by atoms with Gasteiger partial charge < -0.3 is 5.32 Å². The van der Waals surface area contributed by atoms with Gasteiger partial charge in [0.15, 0.2) is 11.5 Å². The van der Waals surface area contributed by atoms with E-state index in [-0.39, 0.29) is 22.8 Å². The molecule has 0 saturated heterocycles. The van der Waals surface area contributed by atoms with Crippen molar-refractivity contribution in [2.45, 2.75) is 31.2 Å². The molecule has 192 valence electrons. The number of hydrogen-bond donors (Lipinski definition) is 1. The molecule has 5 aromatic rings. The van der Waals surface area contributed by atoms with Crippen LogP contribution < -0.4 is 5.32 Å². The number of halogens is 4. The van der Waals surface area contributed by atoms with Gasteiger partial charge in [0.1, 0.15) is 5.69 Å². The van der Waals surface area contributed by atoms with Crippen LogP contribution >= 0.6 is 11.6 Å². The minimum absolute atomic E-state index is 0.147. The lowest BCUT2D eigenvalue weighted by molar-refractivity contribution is -0.117. The molecule has 1 amide bonds. The third kappa shape index (κ3) is 3.86. The fourth-order valence-corrected chi connectivity index (χ4v) is 5.11. The Morgan fingerprint density at radius 1 is 1.16 bits per heavy atom. The Kier molecular flexibility index (Phi) is 5.60. The Morgan fingerprint density at radius 3 is 2.66 bits per heavy atom. The third-order valence-electron chi connectivity index (χ3n) is 6.57. The van der Waals surface area contributed by atoms with Gasteiger partial charge in [-0.2, -0.15) is 18.3 Å². The number of pyridine rings is 1. The number of carbonyl (C=O) groups excluding carboxylic acids is 1. The molecule has 0 unspecified atom stereocenters. The molecular formula is C24H17ClF3N9O. The van der Waals surface area contributed by atoms with Gasteiger partial charge in [-0.05, 0) is 31.5 Å². The zero-order valence-electron chi connectivity index (χ0n) is 19.6. The van der Waals surface area contributed by atoms with Crippen molar-refractivity contribution in [1.82, 2.24) is 39.3 Å². The molecule has 0 radical (unpaired) electrons. The summed E-state index contributed by atoms with van der Waals surface area (Å²) in [7, 11) is 0. The van der Waals surface area contributed by atoms with Crippen LogP contribution in [-0.2, 0) is 10.2 Å². The Labute approximate surface area is 217 Å². The first kappa shape index (κ1) is 24.0. The average Bonchev–Trinajstić information content (AvgIpc) is 3.60. The summed E-state index contributed by atoms with van der Waals surface area (Å²) in [6.07, 6.45) is 7.34. The molecule has 10 nitrogen and oxygen atoms in total. The van der Waals surface area contributed by atoms with E-state index in [0.29, 0.717) is 33.1 Å². The minimum Gasteiger partial charge on any atom is -0.324 e. The van der Waals surface area contributed by atoms with Crippen LogP contribution in [0.2, 0.25) is 5.02 Å². The van der Waals surface area contributed by atoms with Gasteiger partial charge in [0.2, 0.25) is 11.9 Å². The van der Waals surface area contributed by atoms with E-state index in [1.54, 1.807) is 25.4 Å². The van der Waals surface area contributed by atoms with Crippen molar-refractivity contribution < 1.29 is 18.0 Å². The number of aromatic nitrogens is 8. The maximum absolute atomic E-state index is 14.1. The highest BCUT2D eigenvalue weighted by Crippen LogP contribution is 2.49. The number of nitrogens with zero attached hydrogens (tertiary/aromatic N) is 8. The molecule has 38 heavy (non-hydrogen) atoms. The van der Waals surface area contributed by atoms with E-state index in [0.717, 1.165) is 12.3 Å². The maximum atomic E-state index is 14.1. The van der Waals surface area contributed by atoms with E-state index in [9.17, 15) is 18.0 Å². The number of anilines is 1. The molecule has 0 bridgehead atoms. The number of rotatable bonds is 5. The molecule has 2 atom stereocenters. The lowest BCUT2D eigenvalue weighted by Gasteiger charge is -2.23. The summed E-state index contributed by atoms with van der Waals surface area (Å²) in [5.74, 6) is -1.63. The molecule has 0 aromatic carbocycles. The van der Waals surface area contributed by atoms with Crippen LogP contribution in [0.25, 0.3) is 17.2 Å². The molecule has 0 saturated carbocycles. The molecule has 0 fully saturated rings. The van der Waals surface area contributed by atoms with E-state index in [4.69, 9.17) is 11.6 Å². The van der Waals surface area contributed by atoms with E-state index < -0.39 is 29.7 Å². The lowest BCUT2D eigenvalue weighted by atomic mass is 9.82. The van der Waals surface area contributed by atoms with Gasteiger partial charge >= 0.3 is 6.55 Å². The monoisotopic (exact) mass is 539 g/mol. The summed E-state index contributed by atoms with van der Waals surface area (Å²) in [5.41, 5.74) is 1.05. The van der Waals surface area contributed by atoms with Gasteiger partial charge in [-0.1, -0.05) is 11.6 Å². The molecular weight excluding hydrogens is 523 g/mol. The number of alkyl halides is 2. The highest BCUT2D eigenvalue weighted by Gasteiger charge is 2.48. The summed E-state index contributed by atoms with van der Waals surface area (Å²) in [4.78, 5) is 30.3. The van der Waals surface area contributed by atoms with Crippen LogP contribution in [0.1, 0.15) is 42.8 Å². The van der Waals surface area contributed by atoms with Crippen LogP contribution in [0.5, 0.6) is 0 Å². The normalized spacial score (nSPS) is 18.7. The summed E-state index contributed by atoms with van der Waals surface area (Å²) >= 11 is 6.39. The minimum atomic E-state index is -2.84. The third-order valence-corrected chi connectivity index (χ3v) is 6.86. The van der Waals surface area contributed by atoms with Crippen molar-refractivity contribution in [1.29, 1.82) is 0 Å². The highest BCUT2D eigenvalue weighted by atomic mass is 35.5. The van der Waals surface area contributed by atoms with Crippen molar-refractivity contribution in [2.24, 2.45) is 0 Å². The summed E-state index contributed by atoms with van der Waals surface area (Å²) < 4.78 is 42.5. The van der Waals surface area contributed by atoms with Gasteiger partial charge in [-0.15, -0.1) is 5.10 Å². The molecule has 0 aliphatic heterocycles. The van der Waals surface area contributed by atoms with Crippen molar-refractivity contribution >= 4 is 28.8 Å².